The fraction of sp³-hybridized carbons (Fsp3) is 0.550. The van der Waals surface area contributed by atoms with Crippen molar-refractivity contribution in [2.24, 2.45) is 7.05 Å². The first kappa shape index (κ1) is 22.6. The number of carbonyl (C=O) groups is 3. The maximum Gasteiger partial charge on any atom is 0.410 e. The van der Waals surface area contributed by atoms with E-state index in [1.54, 1.807) is 23.2 Å². The van der Waals surface area contributed by atoms with Gasteiger partial charge < -0.3 is 18.9 Å². The predicted octanol–water partition coefficient (Wildman–Crippen LogP) is 2.01. The second kappa shape index (κ2) is 9.90. The summed E-state index contributed by atoms with van der Waals surface area (Å²) in [5.41, 5.74) is 0. The second-order valence-corrected chi connectivity index (χ2v) is 9.39. The molecule has 2 fully saturated rings. The molecule has 0 radical (unpaired) electrons. The van der Waals surface area contributed by atoms with Crippen LogP contribution in [0.3, 0.4) is 0 Å². The molecule has 1 unspecified atom stereocenters. The van der Waals surface area contributed by atoms with Crippen molar-refractivity contribution in [2.45, 2.75) is 37.0 Å². The number of cyclic esters (lactones) is 1. The highest BCUT2D eigenvalue weighted by Crippen LogP contribution is 2.27. The summed E-state index contributed by atoms with van der Waals surface area (Å²) in [5.74, 6) is 0.612. The number of thioether (sulfide) groups is 1. The fourth-order valence-electron chi connectivity index (χ4n) is 3.93. The van der Waals surface area contributed by atoms with Crippen molar-refractivity contribution in [3.63, 3.8) is 0 Å². The molecule has 2 saturated heterocycles. The summed E-state index contributed by atoms with van der Waals surface area (Å²) in [6.45, 7) is 3.03. The molecule has 32 heavy (non-hydrogen) atoms. The van der Waals surface area contributed by atoms with Gasteiger partial charge in [-0.3, -0.25) is 9.69 Å². The SMILES string of the molecule is CCOC(=O)C1COC(=O)N1C1CCN(C(=O)CSc2nnc(-c3cccs3)n2C)CC1. The van der Waals surface area contributed by atoms with Gasteiger partial charge in [0.1, 0.15) is 6.61 Å². The zero-order valence-electron chi connectivity index (χ0n) is 17.9. The summed E-state index contributed by atoms with van der Waals surface area (Å²) in [6, 6.07) is 3.09. The van der Waals surface area contributed by atoms with Crippen molar-refractivity contribution in [2.75, 3.05) is 32.1 Å². The minimum atomic E-state index is -0.710. The van der Waals surface area contributed by atoms with E-state index in [9.17, 15) is 14.4 Å². The van der Waals surface area contributed by atoms with E-state index in [4.69, 9.17) is 9.47 Å². The Hall–Kier alpha value is -2.60. The molecule has 0 N–H and O–H groups in total. The third-order valence-electron chi connectivity index (χ3n) is 5.58. The molecule has 10 nitrogen and oxygen atoms in total. The number of nitrogens with zero attached hydrogens (tertiary/aromatic N) is 5. The van der Waals surface area contributed by atoms with Crippen molar-refractivity contribution >= 4 is 41.1 Å². The monoisotopic (exact) mass is 479 g/mol. The highest BCUT2D eigenvalue weighted by molar-refractivity contribution is 7.99. The fourth-order valence-corrected chi connectivity index (χ4v) is 5.49. The standard InChI is InChI=1S/C20H25N5O5S2/c1-3-29-18(27)14-11-30-20(28)25(14)13-6-8-24(9-7-13)16(26)12-32-19-22-21-17(23(19)2)15-5-4-10-31-15/h4-5,10,13-14H,3,6-9,11-12H2,1-2H3. The van der Waals surface area contributed by atoms with Crippen LogP contribution in [0.15, 0.2) is 22.7 Å². The van der Waals surface area contributed by atoms with Crippen LogP contribution in [0, 0.1) is 0 Å². The molecule has 1 atom stereocenters. The highest BCUT2D eigenvalue weighted by Gasteiger charge is 2.44. The lowest BCUT2D eigenvalue weighted by Crippen LogP contribution is -2.52. The van der Waals surface area contributed by atoms with E-state index >= 15 is 0 Å². The molecule has 172 valence electrons. The molecule has 12 heteroatoms. The lowest BCUT2D eigenvalue weighted by atomic mass is 10.0. The number of carbonyl (C=O) groups excluding carboxylic acids is 3. The maximum absolute atomic E-state index is 12.7. The van der Waals surface area contributed by atoms with Crippen LogP contribution in [0.5, 0.6) is 0 Å². The van der Waals surface area contributed by atoms with Gasteiger partial charge in [0.25, 0.3) is 0 Å². The number of piperidine rings is 1. The van der Waals surface area contributed by atoms with Crippen LogP contribution < -0.4 is 0 Å². The van der Waals surface area contributed by atoms with Crippen molar-refractivity contribution in [3.8, 4) is 10.7 Å². The molecule has 0 aliphatic carbocycles. The van der Waals surface area contributed by atoms with Gasteiger partial charge in [-0.2, -0.15) is 0 Å². The van der Waals surface area contributed by atoms with E-state index in [0.29, 0.717) is 31.1 Å². The molecular weight excluding hydrogens is 454 g/mol. The molecule has 0 aromatic carbocycles. The summed E-state index contributed by atoms with van der Waals surface area (Å²) in [6.07, 6.45) is 0.689. The predicted molar refractivity (Wildman–Crippen MR) is 118 cm³/mol. The number of hydrogen-bond donors (Lipinski definition) is 0. The van der Waals surface area contributed by atoms with Crippen LogP contribution in [0.4, 0.5) is 4.79 Å². The van der Waals surface area contributed by atoms with E-state index in [2.05, 4.69) is 10.2 Å². The van der Waals surface area contributed by atoms with Crippen molar-refractivity contribution in [3.05, 3.63) is 17.5 Å². The zero-order valence-corrected chi connectivity index (χ0v) is 19.6. The normalized spacial score (nSPS) is 19.3. The summed E-state index contributed by atoms with van der Waals surface area (Å²) >= 11 is 2.95. The molecule has 4 rings (SSSR count). The number of ether oxygens (including phenoxy) is 2. The minimum absolute atomic E-state index is 0.0125. The van der Waals surface area contributed by atoms with Gasteiger partial charge in [-0.25, -0.2) is 9.59 Å². The van der Waals surface area contributed by atoms with Crippen LogP contribution >= 0.6 is 23.1 Å². The van der Waals surface area contributed by atoms with Gasteiger partial charge in [0.05, 0.1) is 17.2 Å². The third-order valence-corrected chi connectivity index (χ3v) is 7.45. The Morgan fingerprint density at radius 3 is 2.78 bits per heavy atom. The Bertz CT molecular complexity index is 971. The van der Waals surface area contributed by atoms with Gasteiger partial charge in [0.2, 0.25) is 5.91 Å². The van der Waals surface area contributed by atoms with Gasteiger partial charge in [-0.1, -0.05) is 17.8 Å². The number of amides is 2. The molecule has 2 aromatic heterocycles. The molecule has 0 spiro atoms. The van der Waals surface area contributed by atoms with Crippen molar-refractivity contribution < 1.29 is 23.9 Å². The summed E-state index contributed by atoms with van der Waals surface area (Å²) in [5, 5.41) is 11.1. The number of hydrogen-bond acceptors (Lipinski definition) is 9. The third kappa shape index (κ3) is 4.60. The molecular formula is C20H25N5O5S2. The first-order valence-electron chi connectivity index (χ1n) is 10.4. The molecule has 2 aromatic rings. The van der Waals surface area contributed by atoms with E-state index in [-0.39, 0.29) is 30.9 Å². The number of likely N-dealkylation sites (tertiary alicyclic amines) is 1. The average molecular weight is 480 g/mol. The van der Waals surface area contributed by atoms with Gasteiger partial charge in [0, 0.05) is 26.2 Å². The lowest BCUT2D eigenvalue weighted by molar-refractivity contribution is -0.148. The summed E-state index contributed by atoms with van der Waals surface area (Å²) in [7, 11) is 1.89. The average Bonchev–Trinajstić information content (AvgIpc) is 3.53. The van der Waals surface area contributed by atoms with Crippen LogP contribution in [0.2, 0.25) is 0 Å². The first-order valence-corrected chi connectivity index (χ1v) is 12.3. The van der Waals surface area contributed by atoms with E-state index in [1.807, 2.05) is 29.1 Å². The van der Waals surface area contributed by atoms with Crippen molar-refractivity contribution in [1.82, 2.24) is 24.6 Å². The van der Waals surface area contributed by atoms with Gasteiger partial charge in [-0.05, 0) is 31.2 Å². The van der Waals surface area contributed by atoms with Gasteiger partial charge >= 0.3 is 12.1 Å². The Morgan fingerprint density at radius 2 is 2.09 bits per heavy atom. The number of esters is 1. The first-order chi connectivity index (χ1) is 15.5. The maximum atomic E-state index is 12.7. The molecule has 2 aliphatic heterocycles. The molecule has 0 bridgehead atoms. The lowest BCUT2D eigenvalue weighted by Gasteiger charge is -2.37. The Kier molecular flexibility index (Phi) is 6.99. The molecule has 2 amide bonds. The smallest absolute Gasteiger partial charge is 0.410 e. The van der Waals surface area contributed by atoms with E-state index in [1.165, 1.54) is 16.7 Å². The van der Waals surface area contributed by atoms with Crippen LogP contribution in [-0.2, 0) is 26.1 Å². The van der Waals surface area contributed by atoms with Gasteiger partial charge in [0.15, 0.2) is 17.0 Å². The minimum Gasteiger partial charge on any atom is -0.464 e. The summed E-state index contributed by atoms with van der Waals surface area (Å²) < 4.78 is 12.1. The van der Waals surface area contributed by atoms with Crippen LogP contribution in [0.25, 0.3) is 10.7 Å². The largest absolute Gasteiger partial charge is 0.464 e. The molecule has 0 saturated carbocycles. The quantitative estimate of drug-likeness (QED) is 0.439. The van der Waals surface area contributed by atoms with E-state index in [0.717, 1.165) is 10.7 Å². The highest BCUT2D eigenvalue weighted by atomic mass is 32.2. The second-order valence-electron chi connectivity index (χ2n) is 7.50. The van der Waals surface area contributed by atoms with Gasteiger partial charge in [-0.15, -0.1) is 21.5 Å². The molecule has 4 heterocycles. The zero-order chi connectivity index (χ0) is 22.7. The Balaban J connectivity index is 1.29. The van der Waals surface area contributed by atoms with Crippen LogP contribution in [0.1, 0.15) is 19.8 Å². The Morgan fingerprint density at radius 1 is 1.31 bits per heavy atom. The van der Waals surface area contributed by atoms with E-state index < -0.39 is 18.1 Å². The number of aromatic nitrogens is 3. The number of rotatable bonds is 7. The van der Waals surface area contributed by atoms with Crippen molar-refractivity contribution in [1.29, 1.82) is 0 Å². The summed E-state index contributed by atoms with van der Waals surface area (Å²) in [4.78, 5) is 41.4. The number of thiophene rings is 1. The Labute approximate surface area is 193 Å². The van der Waals surface area contributed by atoms with Crippen LogP contribution in [-0.4, -0.2) is 86.7 Å². The topological polar surface area (TPSA) is 107 Å². The molecule has 2 aliphatic rings.